The summed E-state index contributed by atoms with van der Waals surface area (Å²) in [7, 11) is 0. The number of likely N-dealkylation sites (N-methyl/N-ethyl adjacent to an activating group) is 1. The van der Waals surface area contributed by atoms with Crippen molar-refractivity contribution >= 4 is 11.6 Å². The molecule has 2 rings (SSSR count). The normalized spacial score (nSPS) is 14.4. The summed E-state index contributed by atoms with van der Waals surface area (Å²) in [5, 5.41) is 7.18. The van der Waals surface area contributed by atoms with E-state index in [1.165, 1.54) is 10.7 Å². The Morgan fingerprint density at radius 1 is 1.55 bits per heavy atom. The largest absolute Gasteiger partial charge is 0.381 e. The van der Waals surface area contributed by atoms with Crippen molar-refractivity contribution in [2.75, 3.05) is 11.9 Å². The van der Waals surface area contributed by atoms with E-state index < -0.39 is 0 Å². The van der Waals surface area contributed by atoms with E-state index in [4.69, 9.17) is 0 Å². The second kappa shape index (κ2) is 6.07. The van der Waals surface area contributed by atoms with Crippen molar-refractivity contribution in [3.05, 3.63) is 22.6 Å². The zero-order valence-electron chi connectivity index (χ0n) is 12.3. The molecule has 0 aliphatic heterocycles. The summed E-state index contributed by atoms with van der Waals surface area (Å²) in [4.78, 5) is 25.9. The molecule has 1 aromatic heterocycles. The van der Waals surface area contributed by atoms with Gasteiger partial charge in [0.25, 0.3) is 5.56 Å². The Balaban J connectivity index is 2.05. The van der Waals surface area contributed by atoms with E-state index in [-0.39, 0.29) is 24.1 Å². The van der Waals surface area contributed by atoms with Crippen LogP contribution >= 0.6 is 0 Å². The lowest BCUT2D eigenvalue weighted by Crippen LogP contribution is -2.38. The molecule has 1 saturated carbocycles. The first-order valence-electron chi connectivity index (χ1n) is 7.14. The van der Waals surface area contributed by atoms with Gasteiger partial charge in [-0.2, -0.15) is 5.10 Å². The molecule has 1 N–H and O–H groups in total. The van der Waals surface area contributed by atoms with Gasteiger partial charge in [0.05, 0.1) is 11.9 Å². The zero-order chi connectivity index (χ0) is 14.7. The Labute approximate surface area is 118 Å². The van der Waals surface area contributed by atoms with E-state index in [2.05, 4.69) is 10.4 Å². The monoisotopic (exact) mass is 278 g/mol. The minimum Gasteiger partial charge on any atom is -0.381 e. The van der Waals surface area contributed by atoms with Gasteiger partial charge in [0, 0.05) is 24.7 Å². The number of carbonyl (C=O) groups excluding carboxylic acids is 1. The summed E-state index contributed by atoms with van der Waals surface area (Å²) in [6.45, 7) is 6.64. The highest BCUT2D eigenvalue weighted by molar-refractivity contribution is 5.76. The topological polar surface area (TPSA) is 67.2 Å². The number of rotatable bonds is 6. The lowest BCUT2D eigenvalue weighted by atomic mass is 10.3. The maximum atomic E-state index is 12.2. The van der Waals surface area contributed by atoms with Gasteiger partial charge in [-0.25, -0.2) is 4.68 Å². The second-order valence-electron chi connectivity index (χ2n) is 5.45. The molecule has 1 aromatic rings. The van der Waals surface area contributed by atoms with Gasteiger partial charge in [-0.05, 0) is 33.6 Å². The average molecular weight is 278 g/mol. The summed E-state index contributed by atoms with van der Waals surface area (Å²) in [5.41, 5.74) is 0.430. The van der Waals surface area contributed by atoms with Crippen LogP contribution in [0.2, 0.25) is 0 Å². The Hall–Kier alpha value is -1.85. The van der Waals surface area contributed by atoms with Crippen molar-refractivity contribution < 1.29 is 4.79 Å². The quantitative estimate of drug-likeness (QED) is 0.845. The van der Waals surface area contributed by atoms with Crippen LogP contribution in [-0.4, -0.2) is 39.2 Å². The first-order chi connectivity index (χ1) is 9.51. The Morgan fingerprint density at radius 3 is 2.75 bits per heavy atom. The van der Waals surface area contributed by atoms with Crippen LogP contribution in [0.5, 0.6) is 0 Å². The number of nitrogens with zero attached hydrogens (tertiary/aromatic N) is 3. The van der Waals surface area contributed by atoms with E-state index >= 15 is 0 Å². The van der Waals surface area contributed by atoms with E-state index in [0.29, 0.717) is 18.3 Å². The number of aromatic nitrogens is 2. The number of anilines is 1. The average Bonchev–Trinajstić information content (AvgIpc) is 3.17. The van der Waals surface area contributed by atoms with E-state index in [0.717, 1.165) is 12.8 Å². The fourth-order valence-electron chi connectivity index (χ4n) is 2.21. The van der Waals surface area contributed by atoms with Gasteiger partial charge < -0.3 is 10.2 Å². The fourth-order valence-corrected chi connectivity index (χ4v) is 2.21. The summed E-state index contributed by atoms with van der Waals surface area (Å²) < 4.78 is 1.22. The molecular formula is C14H22N4O2. The molecule has 0 saturated heterocycles. The predicted molar refractivity (Wildman–Crippen MR) is 77.7 cm³/mol. The SMILES string of the molecule is CCN(C(=O)Cn1ncc(NC(C)C)cc1=O)C1CC1. The van der Waals surface area contributed by atoms with Gasteiger partial charge in [-0.15, -0.1) is 0 Å². The number of carbonyl (C=O) groups is 1. The molecule has 1 aliphatic carbocycles. The number of hydrogen-bond acceptors (Lipinski definition) is 4. The maximum absolute atomic E-state index is 12.2. The van der Waals surface area contributed by atoms with Gasteiger partial charge in [-0.3, -0.25) is 9.59 Å². The first kappa shape index (κ1) is 14.6. The van der Waals surface area contributed by atoms with Crippen LogP contribution in [-0.2, 0) is 11.3 Å². The molecule has 6 heteroatoms. The lowest BCUT2D eigenvalue weighted by Gasteiger charge is -2.20. The highest BCUT2D eigenvalue weighted by Crippen LogP contribution is 2.26. The van der Waals surface area contributed by atoms with Crippen molar-refractivity contribution in [3.8, 4) is 0 Å². The van der Waals surface area contributed by atoms with Crippen molar-refractivity contribution in [3.63, 3.8) is 0 Å². The summed E-state index contributed by atoms with van der Waals surface area (Å²) >= 11 is 0. The van der Waals surface area contributed by atoms with Crippen LogP contribution in [0.25, 0.3) is 0 Å². The zero-order valence-corrected chi connectivity index (χ0v) is 12.3. The van der Waals surface area contributed by atoms with Crippen LogP contribution in [0.15, 0.2) is 17.1 Å². The minimum absolute atomic E-state index is 0.0190. The van der Waals surface area contributed by atoms with Crippen LogP contribution in [0.4, 0.5) is 5.69 Å². The molecule has 0 radical (unpaired) electrons. The van der Waals surface area contributed by atoms with Crippen molar-refractivity contribution in [1.82, 2.24) is 14.7 Å². The van der Waals surface area contributed by atoms with Crippen molar-refractivity contribution in [2.45, 2.75) is 52.2 Å². The van der Waals surface area contributed by atoms with Crippen LogP contribution < -0.4 is 10.9 Å². The van der Waals surface area contributed by atoms with E-state index in [9.17, 15) is 9.59 Å². The van der Waals surface area contributed by atoms with Crippen LogP contribution in [0.3, 0.4) is 0 Å². The standard InChI is InChI=1S/C14H22N4O2/c1-4-17(12-5-6-12)14(20)9-18-13(19)7-11(8-15-18)16-10(2)3/h7-8,10,12,16H,4-6,9H2,1-3H3. The Kier molecular flexibility index (Phi) is 4.42. The Morgan fingerprint density at radius 2 is 2.25 bits per heavy atom. The molecule has 0 aromatic carbocycles. The van der Waals surface area contributed by atoms with Crippen molar-refractivity contribution in [1.29, 1.82) is 0 Å². The lowest BCUT2D eigenvalue weighted by molar-refractivity contribution is -0.132. The number of amides is 1. The molecule has 1 heterocycles. The minimum atomic E-state index is -0.254. The molecule has 0 bridgehead atoms. The molecule has 6 nitrogen and oxygen atoms in total. The summed E-state index contributed by atoms with van der Waals surface area (Å²) in [6.07, 6.45) is 3.72. The maximum Gasteiger partial charge on any atom is 0.269 e. The number of nitrogens with one attached hydrogen (secondary N) is 1. The van der Waals surface area contributed by atoms with Gasteiger partial charge >= 0.3 is 0 Å². The smallest absolute Gasteiger partial charge is 0.269 e. The van der Waals surface area contributed by atoms with Crippen LogP contribution in [0.1, 0.15) is 33.6 Å². The molecule has 0 atom stereocenters. The molecular weight excluding hydrogens is 256 g/mol. The first-order valence-corrected chi connectivity index (χ1v) is 7.14. The van der Waals surface area contributed by atoms with E-state index in [1.54, 1.807) is 6.20 Å². The third-order valence-corrected chi connectivity index (χ3v) is 3.26. The molecule has 1 aliphatic rings. The van der Waals surface area contributed by atoms with Gasteiger partial charge in [0.15, 0.2) is 0 Å². The molecule has 110 valence electrons. The molecule has 1 fully saturated rings. The summed E-state index contributed by atoms with van der Waals surface area (Å²) in [6, 6.07) is 2.08. The summed E-state index contributed by atoms with van der Waals surface area (Å²) in [5.74, 6) is -0.0332. The van der Waals surface area contributed by atoms with Gasteiger partial charge in [-0.1, -0.05) is 0 Å². The molecule has 0 spiro atoms. The highest BCUT2D eigenvalue weighted by Gasteiger charge is 2.31. The van der Waals surface area contributed by atoms with Gasteiger partial charge in [0.1, 0.15) is 6.54 Å². The predicted octanol–water partition coefficient (Wildman–Crippen LogP) is 1.07. The third kappa shape index (κ3) is 3.59. The van der Waals surface area contributed by atoms with Gasteiger partial charge in [0.2, 0.25) is 5.91 Å². The fraction of sp³-hybridized carbons (Fsp3) is 0.643. The number of hydrogen-bond donors (Lipinski definition) is 1. The molecule has 20 heavy (non-hydrogen) atoms. The van der Waals surface area contributed by atoms with Crippen LogP contribution in [0, 0.1) is 0 Å². The Bertz CT molecular complexity index is 534. The molecule has 1 amide bonds. The highest BCUT2D eigenvalue weighted by atomic mass is 16.2. The molecule has 0 unspecified atom stereocenters. The van der Waals surface area contributed by atoms with Crippen molar-refractivity contribution in [2.24, 2.45) is 0 Å². The van der Waals surface area contributed by atoms with E-state index in [1.807, 2.05) is 25.7 Å². The second-order valence-corrected chi connectivity index (χ2v) is 5.45. The third-order valence-electron chi connectivity index (χ3n) is 3.26.